The number of aliphatic hydroxyl groups is 1. The Balaban J connectivity index is 1.92. The topological polar surface area (TPSA) is 53.4 Å². The van der Waals surface area contributed by atoms with Gasteiger partial charge in [-0.3, -0.25) is 4.79 Å². The number of likely N-dealkylation sites (tertiary alicyclic amines) is 1. The summed E-state index contributed by atoms with van der Waals surface area (Å²) in [5.41, 5.74) is 0.117. The van der Waals surface area contributed by atoms with Gasteiger partial charge in [-0.05, 0) is 24.1 Å². The minimum absolute atomic E-state index is 0.000622. The van der Waals surface area contributed by atoms with E-state index in [1.54, 1.807) is 0 Å². The van der Waals surface area contributed by atoms with Crippen LogP contribution in [0.4, 0.5) is 13.2 Å². The maximum absolute atomic E-state index is 13.8. The van der Waals surface area contributed by atoms with Crippen LogP contribution in [0.15, 0.2) is 36.5 Å². The van der Waals surface area contributed by atoms with Crippen molar-refractivity contribution in [2.24, 2.45) is 0 Å². The van der Waals surface area contributed by atoms with E-state index >= 15 is 0 Å². The van der Waals surface area contributed by atoms with Gasteiger partial charge in [0.25, 0.3) is 5.91 Å². The summed E-state index contributed by atoms with van der Waals surface area (Å²) in [6.45, 7) is -0.000622. The van der Waals surface area contributed by atoms with Crippen LogP contribution in [-0.2, 0) is 0 Å². The van der Waals surface area contributed by atoms with Crippen molar-refractivity contribution in [1.82, 2.24) is 9.88 Å². The number of carbonyl (C=O) groups excluding carboxylic acids is 1. The van der Waals surface area contributed by atoms with Crippen molar-refractivity contribution in [2.75, 3.05) is 6.54 Å². The van der Waals surface area contributed by atoms with Gasteiger partial charge in [0.2, 0.25) is 0 Å². The zero-order valence-corrected chi connectivity index (χ0v) is 11.9. The number of aromatic nitrogens is 1. The van der Waals surface area contributed by atoms with Gasteiger partial charge in [-0.15, -0.1) is 0 Å². The fraction of sp³-hybridized carbons (Fsp3) is 0.250. The molecule has 3 rings (SSSR count). The van der Waals surface area contributed by atoms with E-state index in [0.717, 1.165) is 6.20 Å². The van der Waals surface area contributed by atoms with Crippen LogP contribution in [0.1, 0.15) is 28.5 Å². The van der Waals surface area contributed by atoms with Crippen molar-refractivity contribution < 1.29 is 23.1 Å². The lowest BCUT2D eigenvalue weighted by atomic mass is 10.0. The average molecular weight is 322 g/mol. The maximum Gasteiger partial charge on any atom is 0.276 e. The van der Waals surface area contributed by atoms with E-state index in [4.69, 9.17) is 0 Å². The summed E-state index contributed by atoms with van der Waals surface area (Å²) in [5, 5.41) is 9.85. The Hall–Kier alpha value is -2.41. The zero-order chi connectivity index (χ0) is 16.6. The molecule has 1 N–H and O–H groups in total. The molecule has 0 saturated carbocycles. The standard InChI is InChI=1S/C16H13F3N2O2/c17-10-3-1-9(2-4-10)14-6-12(22)8-21(14)16(23)15-13(19)5-11(18)7-20-15/h1-5,7,12,14,22H,6,8H2/t12-,14-/m0/s1. The zero-order valence-electron chi connectivity index (χ0n) is 11.9. The summed E-state index contributed by atoms with van der Waals surface area (Å²) in [6, 6.07) is 5.57. The normalized spacial score (nSPS) is 20.8. The molecule has 7 heteroatoms. The van der Waals surface area contributed by atoms with Crippen molar-refractivity contribution >= 4 is 5.91 Å². The SMILES string of the molecule is O=C(c1ncc(F)cc1F)N1C[C@@H](O)C[C@H]1c1ccc(F)cc1. The largest absolute Gasteiger partial charge is 0.391 e. The lowest BCUT2D eigenvalue weighted by molar-refractivity contribution is 0.0704. The van der Waals surface area contributed by atoms with E-state index in [2.05, 4.69) is 4.98 Å². The summed E-state index contributed by atoms with van der Waals surface area (Å²) in [4.78, 5) is 17.3. The third-order valence-electron chi connectivity index (χ3n) is 3.81. The highest BCUT2D eigenvalue weighted by Crippen LogP contribution is 2.33. The Labute approximate surface area is 130 Å². The minimum atomic E-state index is -1.06. The summed E-state index contributed by atoms with van der Waals surface area (Å²) >= 11 is 0. The van der Waals surface area contributed by atoms with Gasteiger partial charge < -0.3 is 10.0 Å². The maximum atomic E-state index is 13.8. The first-order valence-corrected chi connectivity index (χ1v) is 7.01. The predicted molar refractivity (Wildman–Crippen MR) is 75.0 cm³/mol. The van der Waals surface area contributed by atoms with Gasteiger partial charge >= 0.3 is 0 Å². The van der Waals surface area contributed by atoms with Gasteiger partial charge in [-0.1, -0.05) is 12.1 Å². The van der Waals surface area contributed by atoms with Gasteiger partial charge in [0.05, 0.1) is 18.3 Å². The lowest BCUT2D eigenvalue weighted by Crippen LogP contribution is -2.33. The third-order valence-corrected chi connectivity index (χ3v) is 3.81. The van der Waals surface area contributed by atoms with Crippen LogP contribution in [0, 0.1) is 17.5 Å². The van der Waals surface area contributed by atoms with E-state index < -0.39 is 41.2 Å². The van der Waals surface area contributed by atoms with Crippen molar-refractivity contribution in [1.29, 1.82) is 0 Å². The molecule has 1 amide bonds. The summed E-state index contributed by atoms with van der Waals surface area (Å²) in [6.07, 6.45) is 0.230. The van der Waals surface area contributed by atoms with Crippen LogP contribution < -0.4 is 0 Å². The van der Waals surface area contributed by atoms with Crippen LogP contribution in [0.3, 0.4) is 0 Å². The second-order valence-electron chi connectivity index (χ2n) is 5.40. The fourth-order valence-corrected chi connectivity index (χ4v) is 2.75. The van der Waals surface area contributed by atoms with Crippen LogP contribution in [0.25, 0.3) is 0 Å². The molecule has 0 bridgehead atoms. The highest BCUT2D eigenvalue weighted by molar-refractivity contribution is 5.93. The number of pyridine rings is 1. The fourth-order valence-electron chi connectivity index (χ4n) is 2.75. The van der Waals surface area contributed by atoms with Crippen molar-refractivity contribution in [3.05, 3.63) is 65.2 Å². The molecule has 2 atom stereocenters. The molecule has 2 heterocycles. The molecule has 120 valence electrons. The summed E-state index contributed by atoms with van der Waals surface area (Å²) in [7, 11) is 0. The number of β-amino-alcohol motifs (C(OH)–C–C–N with tert-alkyl or cyclic N) is 1. The van der Waals surface area contributed by atoms with Gasteiger partial charge in [0, 0.05) is 12.6 Å². The van der Waals surface area contributed by atoms with Crippen LogP contribution in [0.2, 0.25) is 0 Å². The molecule has 0 radical (unpaired) electrons. The molecule has 2 aromatic rings. The number of hydrogen-bond acceptors (Lipinski definition) is 3. The highest BCUT2D eigenvalue weighted by atomic mass is 19.1. The lowest BCUT2D eigenvalue weighted by Gasteiger charge is -2.24. The smallest absolute Gasteiger partial charge is 0.276 e. The molecular formula is C16H13F3N2O2. The van der Waals surface area contributed by atoms with Gasteiger partial charge in [-0.2, -0.15) is 0 Å². The number of aliphatic hydroxyl groups excluding tert-OH is 1. The van der Waals surface area contributed by atoms with Gasteiger partial charge in [0.1, 0.15) is 11.6 Å². The molecule has 1 saturated heterocycles. The molecule has 1 aliphatic heterocycles. The van der Waals surface area contributed by atoms with E-state index in [-0.39, 0.29) is 13.0 Å². The second kappa shape index (κ2) is 6.00. The molecule has 0 spiro atoms. The number of amides is 1. The molecule has 0 unspecified atom stereocenters. The predicted octanol–water partition coefficient (Wildman–Crippen LogP) is 2.45. The van der Waals surface area contributed by atoms with E-state index in [1.807, 2.05) is 0 Å². The summed E-state index contributed by atoms with van der Waals surface area (Å²) in [5.74, 6) is -3.10. The first-order valence-electron chi connectivity index (χ1n) is 7.01. The van der Waals surface area contributed by atoms with E-state index in [1.165, 1.54) is 29.2 Å². The Morgan fingerprint density at radius 2 is 1.87 bits per heavy atom. The first kappa shape index (κ1) is 15.5. The molecule has 0 aliphatic carbocycles. The molecule has 1 aromatic carbocycles. The van der Waals surface area contributed by atoms with Gasteiger partial charge in [-0.25, -0.2) is 18.2 Å². The number of carbonyl (C=O) groups is 1. The van der Waals surface area contributed by atoms with Crippen LogP contribution in [-0.4, -0.2) is 33.5 Å². The Bertz CT molecular complexity index is 737. The van der Waals surface area contributed by atoms with Gasteiger partial charge in [0.15, 0.2) is 11.5 Å². The molecular weight excluding hydrogens is 309 g/mol. The quantitative estimate of drug-likeness (QED) is 0.924. The molecule has 1 fully saturated rings. The highest BCUT2D eigenvalue weighted by Gasteiger charge is 2.37. The van der Waals surface area contributed by atoms with E-state index in [0.29, 0.717) is 11.6 Å². The molecule has 1 aliphatic rings. The monoisotopic (exact) mass is 322 g/mol. The summed E-state index contributed by atoms with van der Waals surface area (Å²) < 4.78 is 39.7. The second-order valence-corrected chi connectivity index (χ2v) is 5.40. The molecule has 23 heavy (non-hydrogen) atoms. The number of rotatable bonds is 2. The van der Waals surface area contributed by atoms with Crippen molar-refractivity contribution in [3.63, 3.8) is 0 Å². The van der Waals surface area contributed by atoms with Crippen LogP contribution >= 0.6 is 0 Å². The number of halogens is 3. The number of hydrogen-bond donors (Lipinski definition) is 1. The van der Waals surface area contributed by atoms with Crippen LogP contribution in [0.5, 0.6) is 0 Å². The van der Waals surface area contributed by atoms with Crippen molar-refractivity contribution in [3.8, 4) is 0 Å². The number of nitrogens with zero attached hydrogens (tertiary/aromatic N) is 2. The Kier molecular flexibility index (Phi) is 4.04. The minimum Gasteiger partial charge on any atom is -0.391 e. The molecule has 4 nitrogen and oxygen atoms in total. The average Bonchev–Trinajstić information content (AvgIpc) is 2.89. The third kappa shape index (κ3) is 3.05. The molecule has 1 aromatic heterocycles. The Morgan fingerprint density at radius 1 is 1.17 bits per heavy atom. The Morgan fingerprint density at radius 3 is 2.52 bits per heavy atom. The van der Waals surface area contributed by atoms with E-state index in [9.17, 15) is 23.1 Å². The van der Waals surface area contributed by atoms with Crippen molar-refractivity contribution in [2.45, 2.75) is 18.6 Å². The number of benzene rings is 1. The first-order chi connectivity index (χ1) is 11.0.